The highest BCUT2D eigenvalue weighted by Gasteiger charge is 2.47. The fourth-order valence-electron chi connectivity index (χ4n) is 1.83. The van der Waals surface area contributed by atoms with E-state index in [2.05, 4.69) is 10.6 Å². The molecule has 0 saturated carbocycles. The molecule has 0 bridgehead atoms. The molecule has 2 rings (SSSR count). The Balaban J connectivity index is 2.20. The quantitative estimate of drug-likeness (QED) is 0.858. The van der Waals surface area contributed by atoms with Crippen molar-refractivity contribution in [2.75, 3.05) is 0 Å². The van der Waals surface area contributed by atoms with Crippen LogP contribution in [0.3, 0.4) is 0 Å². The molecule has 19 heavy (non-hydrogen) atoms. The third-order valence-corrected chi connectivity index (χ3v) is 2.68. The number of halogens is 3. The summed E-state index contributed by atoms with van der Waals surface area (Å²) >= 11 is 0. The number of benzene rings is 1. The van der Waals surface area contributed by atoms with Gasteiger partial charge in [-0.2, -0.15) is 5.01 Å². The molecule has 0 radical (unpaired) electrons. The molecule has 0 unspecified atom stereocenters. The number of hydrazine groups is 2. The van der Waals surface area contributed by atoms with Crippen LogP contribution in [0.4, 0.5) is 13.2 Å². The van der Waals surface area contributed by atoms with Gasteiger partial charge in [0.25, 0.3) is 0 Å². The van der Waals surface area contributed by atoms with Crippen molar-refractivity contribution in [3.63, 3.8) is 0 Å². The lowest BCUT2D eigenvalue weighted by Gasteiger charge is -2.33. The Morgan fingerprint density at radius 1 is 1.21 bits per heavy atom. The second kappa shape index (κ2) is 5.08. The fourth-order valence-corrected chi connectivity index (χ4v) is 1.83. The van der Waals surface area contributed by atoms with Crippen molar-refractivity contribution in [3.05, 3.63) is 35.9 Å². The summed E-state index contributed by atoms with van der Waals surface area (Å²) in [5.74, 6) is -0.0626. The van der Waals surface area contributed by atoms with E-state index in [1.165, 1.54) is 0 Å². The molecule has 1 aromatic carbocycles. The number of hydrazone groups is 1. The van der Waals surface area contributed by atoms with E-state index < -0.39 is 6.30 Å². The molecular weight excluding hydrogens is 257 g/mol. The summed E-state index contributed by atoms with van der Waals surface area (Å²) in [6.45, 7) is 3.32. The number of alkyl halides is 3. The number of nitrogens with one attached hydrogen (secondary N) is 1. The number of nitrogens with zero attached hydrogens (tertiary/aromatic N) is 3. The van der Waals surface area contributed by atoms with Crippen molar-refractivity contribution in [2.24, 2.45) is 5.10 Å². The van der Waals surface area contributed by atoms with E-state index in [-0.39, 0.29) is 23.3 Å². The van der Waals surface area contributed by atoms with E-state index >= 15 is 0 Å². The molecule has 0 spiro atoms. The van der Waals surface area contributed by atoms with E-state index in [0.717, 1.165) is 10.7 Å². The molecule has 1 aliphatic rings. The Morgan fingerprint density at radius 3 is 2.37 bits per heavy atom. The molecule has 0 saturated heterocycles. The molecule has 0 aliphatic carbocycles. The molecule has 0 fully saturated rings. The maximum absolute atomic E-state index is 13.1. The minimum atomic E-state index is -4.50. The van der Waals surface area contributed by atoms with Crippen LogP contribution in [0.1, 0.15) is 19.4 Å². The predicted molar refractivity (Wildman–Crippen MR) is 65.6 cm³/mol. The molecule has 1 N–H and O–H groups in total. The van der Waals surface area contributed by atoms with Crippen molar-refractivity contribution in [3.8, 4) is 0 Å². The second-order valence-corrected chi connectivity index (χ2v) is 4.51. The Morgan fingerprint density at radius 2 is 1.84 bits per heavy atom. The van der Waals surface area contributed by atoms with Crippen LogP contribution in [0.2, 0.25) is 0 Å². The molecule has 1 heterocycles. The molecule has 0 amide bonds. The highest BCUT2D eigenvalue weighted by molar-refractivity contribution is 5.85. The van der Waals surface area contributed by atoms with Crippen LogP contribution < -0.4 is 5.53 Å². The monoisotopic (exact) mass is 272 g/mol. The summed E-state index contributed by atoms with van der Waals surface area (Å²) < 4.78 is 39.3. The summed E-state index contributed by atoms with van der Waals surface area (Å²) in [4.78, 5) is 0. The van der Waals surface area contributed by atoms with E-state index in [0.29, 0.717) is 0 Å². The Bertz CT molecular complexity index is 456. The normalized spacial score (nSPS) is 16.7. The van der Waals surface area contributed by atoms with Crippen molar-refractivity contribution in [2.45, 2.75) is 32.6 Å². The van der Waals surface area contributed by atoms with Crippen LogP contribution >= 0.6 is 0 Å². The third kappa shape index (κ3) is 2.98. The summed E-state index contributed by atoms with van der Waals surface area (Å²) in [5, 5.41) is 5.01. The second-order valence-electron chi connectivity index (χ2n) is 4.51. The first-order chi connectivity index (χ1) is 8.89. The van der Waals surface area contributed by atoms with Gasteiger partial charge >= 0.3 is 6.30 Å². The zero-order valence-electron chi connectivity index (χ0n) is 10.6. The largest absolute Gasteiger partial charge is 0.501 e. The fraction of sp³-hybridized carbons (Fsp3) is 0.417. The number of amidine groups is 1. The van der Waals surface area contributed by atoms with Gasteiger partial charge in [0.05, 0.1) is 0 Å². The number of hydrogen-bond acceptors (Lipinski definition) is 4. The van der Waals surface area contributed by atoms with Crippen molar-refractivity contribution in [1.29, 1.82) is 0 Å². The van der Waals surface area contributed by atoms with Crippen LogP contribution in [0, 0.1) is 0 Å². The lowest BCUT2D eigenvalue weighted by atomic mass is 10.1. The topological polar surface area (TPSA) is 30.9 Å². The van der Waals surface area contributed by atoms with Crippen molar-refractivity contribution in [1.82, 2.24) is 15.7 Å². The molecule has 1 aromatic rings. The standard InChI is InChI=1S/C12H15F3N4/c1-9(2)19-17-16-11(18(19)12(13,14)15)8-10-6-4-3-5-7-10/h3-7,9,17H,8H2,1-2H3. The predicted octanol–water partition coefficient (Wildman–Crippen LogP) is 2.51. The molecule has 4 nitrogen and oxygen atoms in total. The molecule has 0 atom stereocenters. The first-order valence-electron chi connectivity index (χ1n) is 5.92. The smallest absolute Gasteiger partial charge is 0.220 e. The van der Waals surface area contributed by atoms with Crippen LogP contribution in [-0.2, 0) is 6.42 Å². The molecule has 0 aromatic heterocycles. The van der Waals surface area contributed by atoms with Crippen LogP contribution in [-0.4, -0.2) is 28.3 Å². The maximum atomic E-state index is 13.1. The van der Waals surface area contributed by atoms with Crippen LogP contribution in [0.15, 0.2) is 35.4 Å². The molecule has 7 heteroatoms. The number of rotatable bonds is 3. The van der Waals surface area contributed by atoms with Crippen LogP contribution in [0.5, 0.6) is 0 Å². The third-order valence-electron chi connectivity index (χ3n) is 2.68. The van der Waals surface area contributed by atoms with Gasteiger partial charge in [-0.15, -0.1) is 23.4 Å². The van der Waals surface area contributed by atoms with Gasteiger partial charge in [-0.05, 0) is 19.4 Å². The first kappa shape index (κ1) is 13.7. The summed E-state index contributed by atoms with van der Waals surface area (Å²) in [7, 11) is 0. The minimum absolute atomic E-state index is 0.0626. The van der Waals surface area contributed by atoms with Gasteiger partial charge in [-0.3, -0.25) is 0 Å². The van der Waals surface area contributed by atoms with Crippen LogP contribution in [0.25, 0.3) is 0 Å². The lowest BCUT2D eigenvalue weighted by Crippen LogP contribution is -2.56. The average molecular weight is 272 g/mol. The average Bonchev–Trinajstić information content (AvgIpc) is 2.74. The molecule has 1 aliphatic heterocycles. The lowest BCUT2D eigenvalue weighted by molar-refractivity contribution is -0.290. The van der Waals surface area contributed by atoms with Gasteiger partial charge in [0.1, 0.15) is 0 Å². The van der Waals surface area contributed by atoms with E-state index in [1.54, 1.807) is 38.1 Å². The van der Waals surface area contributed by atoms with Gasteiger partial charge in [0, 0.05) is 12.5 Å². The zero-order chi connectivity index (χ0) is 14.0. The Kier molecular flexibility index (Phi) is 3.66. The van der Waals surface area contributed by atoms with Crippen molar-refractivity contribution >= 4 is 5.84 Å². The van der Waals surface area contributed by atoms with E-state index in [1.807, 2.05) is 6.07 Å². The van der Waals surface area contributed by atoms with Gasteiger partial charge in [0.2, 0.25) is 0 Å². The highest BCUT2D eigenvalue weighted by atomic mass is 19.4. The van der Waals surface area contributed by atoms with Crippen molar-refractivity contribution < 1.29 is 13.2 Å². The molecular formula is C12H15F3N4. The summed E-state index contributed by atoms with van der Waals surface area (Å²) in [5.41, 5.74) is 3.19. The minimum Gasteiger partial charge on any atom is -0.220 e. The van der Waals surface area contributed by atoms with Gasteiger partial charge in [0.15, 0.2) is 5.84 Å². The Hall–Kier alpha value is -1.76. The maximum Gasteiger partial charge on any atom is 0.501 e. The highest BCUT2D eigenvalue weighted by Crippen LogP contribution is 2.27. The van der Waals surface area contributed by atoms with Gasteiger partial charge in [-0.1, -0.05) is 30.3 Å². The SMILES string of the molecule is CC(C)N1NN=C(Cc2ccccc2)N1C(F)(F)F. The molecule has 104 valence electrons. The zero-order valence-corrected chi connectivity index (χ0v) is 10.6. The first-order valence-corrected chi connectivity index (χ1v) is 5.92. The summed E-state index contributed by atoms with van der Waals surface area (Å²) in [6.07, 6.45) is -4.38. The van der Waals surface area contributed by atoms with E-state index in [4.69, 9.17) is 0 Å². The van der Waals surface area contributed by atoms with Gasteiger partial charge in [-0.25, -0.2) is 5.53 Å². The van der Waals surface area contributed by atoms with E-state index in [9.17, 15) is 13.2 Å². The summed E-state index contributed by atoms with van der Waals surface area (Å²) in [6, 6.07) is 8.58. The number of hydrogen-bond donors (Lipinski definition) is 1. The Labute approximate surface area is 109 Å². The van der Waals surface area contributed by atoms with Gasteiger partial charge < -0.3 is 0 Å².